The molecule has 0 bridgehead atoms. The molecular weight excluding hydrogens is 437 g/mol. The maximum atomic E-state index is 13.4. The van der Waals surface area contributed by atoms with Crippen LogP contribution in [0.1, 0.15) is 60.0 Å². The lowest BCUT2D eigenvalue weighted by molar-refractivity contribution is -0.127. The van der Waals surface area contributed by atoms with Crippen molar-refractivity contribution in [3.05, 3.63) is 46.8 Å². The number of anilines is 1. The molecule has 1 aliphatic heterocycles. The molecule has 1 saturated heterocycles. The number of halogens is 2. The van der Waals surface area contributed by atoms with Crippen molar-refractivity contribution in [2.24, 2.45) is 5.41 Å². The minimum absolute atomic E-state index is 0.00149. The number of carbonyl (C=O) groups excluding carboxylic acids is 3. The highest BCUT2D eigenvalue weighted by atomic mass is 35.5. The first kappa shape index (κ1) is 22.3. The molecule has 0 unspecified atom stereocenters. The minimum atomic E-state index is -0.489. The summed E-state index contributed by atoms with van der Waals surface area (Å²) in [5.41, 5.74) is 0.235. The second-order valence-electron chi connectivity index (χ2n) is 8.32. The van der Waals surface area contributed by atoms with Gasteiger partial charge >= 0.3 is 0 Å². The van der Waals surface area contributed by atoms with E-state index in [1.807, 2.05) is 0 Å². The molecule has 3 amide bonds. The number of nitrogens with zero attached hydrogens (tertiary/aromatic N) is 2. The van der Waals surface area contributed by atoms with E-state index < -0.39 is 17.1 Å². The van der Waals surface area contributed by atoms with E-state index in [-0.39, 0.29) is 34.3 Å². The van der Waals surface area contributed by atoms with Crippen LogP contribution in [-0.4, -0.2) is 46.8 Å². The van der Waals surface area contributed by atoms with Crippen LogP contribution >= 0.6 is 11.6 Å². The second kappa shape index (κ2) is 8.90. The Morgan fingerprint density at radius 1 is 1.28 bits per heavy atom. The first-order valence-corrected chi connectivity index (χ1v) is 11.1. The predicted octanol–water partition coefficient (Wildman–Crippen LogP) is 3.05. The third kappa shape index (κ3) is 4.09. The van der Waals surface area contributed by atoms with E-state index in [1.165, 1.54) is 24.5 Å². The number of aromatic nitrogens is 2. The van der Waals surface area contributed by atoms with Crippen LogP contribution < -0.4 is 15.5 Å². The molecule has 3 N–H and O–H groups in total. The van der Waals surface area contributed by atoms with E-state index in [0.717, 1.165) is 0 Å². The predicted molar refractivity (Wildman–Crippen MR) is 117 cm³/mol. The average Bonchev–Trinajstić information content (AvgIpc) is 3.37. The van der Waals surface area contributed by atoms with Crippen LogP contribution in [0.2, 0.25) is 5.02 Å². The van der Waals surface area contributed by atoms with E-state index in [9.17, 15) is 18.8 Å². The molecule has 170 valence electrons. The van der Waals surface area contributed by atoms with Crippen molar-refractivity contribution in [1.29, 1.82) is 0 Å². The number of H-pyrrole nitrogens is 1. The summed E-state index contributed by atoms with van der Waals surface area (Å²) in [7, 11) is 0. The van der Waals surface area contributed by atoms with Crippen LogP contribution in [0.25, 0.3) is 0 Å². The molecule has 2 fully saturated rings. The van der Waals surface area contributed by atoms with Crippen molar-refractivity contribution >= 4 is 35.0 Å². The van der Waals surface area contributed by atoms with E-state index in [2.05, 4.69) is 20.6 Å². The lowest BCUT2D eigenvalue weighted by Gasteiger charge is -2.36. The van der Waals surface area contributed by atoms with Gasteiger partial charge in [0.1, 0.15) is 11.5 Å². The van der Waals surface area contributed by atoms with Gasteiger partial charge in [0, 0.05) is 19.1 Å². The Kier molecular flexibility index (Phi) is 6.19. The fraction of sp³-hybridized carbons (Fsp3) is 0.455. The number of carbonyl (C=O) groups is 3. The third-order valence-electron chi connectivity index (χ3n) is 6.41. The fourth-order valence-electron chi connectivity index (χ4n) is 4.67. The van der Waals surface area contributed by atoms with Gasteiger partial charge in [-0.15, -0.1) is 0 Å². The molecule has 32 heavy (non-hydrogen) atoms. The summed E-state index contributed by atoms with van der Waals surface area (Å²) in [6.45, 7) is 2.77. The molecular formula is C22H25ClFN5O3. The van der Waals surface area contributed by atoms with Crippen LogP contribution in [0.5, 0.6) is 0 Å². The van der Waals surface area contributed by atoms with Gasteiger partial charge in [-0.3, -0.25) is 14.4 Å². The fourth-order valence-corrected chi connectivity index (χ4v) is 4.94. The van der Waals surface area contributed by atoms with Crippen LogP contribution in [0.15, 0.2) is 24.5 Å². The number of hydrogen-bond donors (Lipinski definition) is 3. The van der Waals surface area contributed by atoms with E-state index in [1.54, 1.807) is 11.8 Å². The van der Waals surface area contributed by atoms with Crippen molar-refractivity contribution in [3.8, 4) is 0 Å². The topological polar surface area (TPSA) is 107 Å². The molecule has 1 aromatic heterocycles. The lowest BCUT2D eigenvalue weighted by atomic mass is 9.71. The SMILES string of the molecule is CCNC(=O)c1[nH]cnc1C(=O)NC1CCC2(CC1)CCN(c1ccc(F)cc1Cl)C2=O. The molecule has 2 heterocycles. The highest BCUT2D eigenvalue weighted by Crippen LogP contribution is 2.47. The number of amides is 3. The lowest BCUT2D eigenvalue weighted by Crippen LogP contribution is -2.44. The highest BCUT2D eigenvalue weighted by Gasteiger charge is 2.49. The van der Waals surface area contributed by atoms with Gasteiger partial charge in [-0.1, -0.05) is 11.6 Å². The molecule has 0 radical (unpaired) electrons. The quantitative estimate of drug-likeness (QED) is 0.636. The summed E-state index contributed by atoms with van der Waals surface area (Å²) >= 11 is 6.17. The Bertz CT molecular complexity index is 1050. The Hall–Kier alpha value is -2.94. The van der Waals surface area contributed by atoms with Gasteiger partial charge in [0.2, 0.25) is 5.91 Å². The molecule has 1 saturated carbocycles. The maximum absolute atomic E-state index is 13.4. The molecule has 2 aliphatic rings. The van der Waals surface area contributed by atoms with Crippen LogP contribution in [0.4, 0.5) is 10.1 Å². The number of imidazole rings is 1. The van der Waals surface area contributed by atoms with Crippen LogP contribution in [0, 0.1) is 11.2 Å². The van der Waals surface area contributed by atoms with Gasteiger partial charge in [0.15, 0.2) is 5.69 Å². The maximum Gasteiger partial charge on any atom is 0.272 e. The Labute approximate surface area is 189 Å². The number of aromatic amines is 1. The number of rotatable bonds is 5. The molecule has 8 nitrogen and oxygen atoms in total. The Morgan fingerprint density at radius 3 is 2.72 bits per heavy atom. The summed E-state index contributed by atoms with van der Waals surface area (Å²) in [5.74, 6) is -1.23. The molecule has 0 atom stereocenters. The summed E-state index contributed by atoms with van der Waals surface area (Å²) in [6, 6.07) is 3.95. The zero-order valence-corrected chi connectivity index (χ0v) is 18.5. The summed E-state index contributed by atoms with van der Waals surface area (Å²) in [6.07, 6.45) is 4.57. The van der Waals surface area contributed by atoms with Crippen molar-refractivity contribution in [2.75, 3.05) is 18.0 Å². The van der Waals surface area contributed by atoms with Gasteiger partial charge < -0.3 is 20.5 Å². The van der Waals surface area contributed by atoms with Gasteiger partial charge in [0.25, 0.3) is 11.8 Å². The largest absolute Gasteiger partial charge is 0.351 e. The zero-order valence-electron chi connectivity index (χ0n) is 17.7. The number of benzene rings is 1. The highest BCUT2D eigenvalue weighted by molar-refractivity contribution is 6.34. The van der Waals surface area contributed by atoms with Crippen LogP contribution in [0.3, 0.4) is 0 Å². The van der Waals surface area contributed by atoms with E-state index in [4.69, 9.17) is 11.6 Å². The number of hydrogen-bond acceptors (Lipinski definition) is 4. The Balaban J connectivity index is 1.38. The smallest absolute Gasteiger partial charge is 0.272 e. The van der Waals surface area contributed by atoms with Crippen molar-refractivity contribution < 1.29 is 18.8 Å². The van der Waals surface area contributed by atoms with E-state index >= 15 is 0 Å². The summed E-state index contributed by atoms with van der Waals surface area (Å²) in [4.78, 5) is 46.4. The zero-order chi connectivity index (χ0) is 22.9. The standard InChI is InChI=1S/C22H25ClFN5O3/c1-2-25-19(30)17-18(27-12-26-17)20(31)28-14-5-7-22(8-6-14)9-10-29(21(22)32)16-4-3-13(24)11-15(16)23/h3-4,11-12,14H,2,5-10H2,1H3,(H,25,30)(H,26,27)(H,28,31). The third-order valence-corrected chi connectivity index (χ3v) is 6.71. The summed E-state index contributed by atoms with van der Waals surface area (Å²) in [5, 5.41) is 5.82. The van der Waals surface area contributed by atoms with Gasteiger partial charge in [-0.2, -0.15) is 0 Å². The van der Waals surface area contributed by atoms with Crippen molar-refractivity contribution in [3.63, 3.8) is 0 Å². The Morgan fingerprint density at radius 2 is 2.03 bits per heavy atom. The van der Waals surface area contributed by atoms with Gasteiger partial charge in [0.05, 0.1) is 22.5 Å². The second-order valence-corrected chi connectivity index (χ2v) is 8.72. The number of nitrogens with one attached hydrogen (secondary N) is 3. The van der Waals surface area contributed by atoms with Crippen LogP contribution in [-0.2, 0) is 4.79 Å². The summed E-state index contributed by atoms with van der Waals surface area (Å²) < 4.78 is 13.4. The van der Waals surface area contributed by atoms with Gasteiger partial charge in [-0.25, -0.2) is 9.37 Å². The molecule has 2 aromatic rings. The first-order valence-electron chi connectivity index (χ1n) is 10.7. The van der Waals surface area contributed by atoms with E-state index in [0.29, 0.717) is 50.9 Å². The normalized spacial score (nSPS) is 22.9. The van der Waals surface area contributed by atoms with Gasteiger partial charge in [-0.05, 0) is 57.2 Å². The molecule has 4 rings (SSSR count). The molecule has 1 aliphatic carbocycles. The molecule has 1 spiro atoms. The van der Waals surface area contributed by atoms with Crippen molar-refractivity contribution in [2.45, 2.75) is 45.1 Å². The first-order chi connectivity index (χ1) is 15.3. The molecule has 10 heteroatoms. The minimum Gasteiger partial charge on any atom is -0.351 e. The average molecular weight is 462 g/mol. The molecule has 1 aromatic carbocycles. The monoisotopic (exact) mass is 461 g/mol. The van der Waals surface area contributed by atoms with Crippen molar-refractivity contribution in [1.82, 2.24) is 20.6 Å².